The molecule has 0 aliphatic heterocycles. The van der Waals surface area contributed by atoms with Crippen LogP contribution in [0.2, 0.25) is 0 Å². The molecule has 2 aromatic heterocycles. The van der Waals surface area contributed by atoms with Crippen LogP contribution >= 0.6 is 0 Å². The first-order valence-corrected chi connectivity index (χ1v) is 6.14. The van der Waals surface area contributed by atoms with E-state index in [9.17, 15) is 4.79 Å². The molecule has 0 amide bonds. The molecule has 0 spiro atoms. The molecule has 2 heterocycles. The molecule has 96 valence electrons. The van der Waals surface area contributed by atoms with Gasteiger partial charge in [-0.15, -0.1) is 0 Å². The molecule has 0 saturated heterocycles. The van der Waals surface area contributed by atoms with Gasteiger partial charge in [0.05, 0.1) is 10.9 Å². The zero-order chi connectivity index (χ0) is 13.5. The van der Waals surface area contributed by atoms with Crippen molar-refractivity contribution in [2.75, 3.05) is 0 Å². The van der Waals surface area contributed by atoms with Crippen LogP contribution in [-0.4, -0.2) is 15.0 Å². The lowest BCUT2D eigenvalue weighted by molar-refractivity contribution is 0.602. The number of nitrogens with one attached hydrogen (secondary N) is 1. The number of benzene rings is 2. The van der Waals surface area contributed by atoms with Crippen molar-refractivity contribution in [3.05, 3.63) is 59.2 Å². The molecule has 20 heavy (non-hydrogen) atoms. The van der Waals surface area contributed by atoms with Crippen molar-refractivity contribution in [2.24, 2.45) is 0 Å². The van der Waals surface area contributed by atoms with E-state index in [1.54, 1.807) is 6.07 Å². The summed E-state index contributed by atoms with van der Waals surface area (Å²) >= 11 is 0. The molecule has 5 nitrogen and oxygen atoms in total. The number of hydrogen-bond acceptors (Lipinski definition) is 4. The first-order valence-electron chi connectivity index (χ1n) is 6.14. The Kier molecular flexibility index (Phi) is 2.20. The van der Waals surface area contributed by atoms with Crippen LogP contribution in [0.1, 0.15) is 0 Å². The molecule has 0 saturated carbocycles. The van der Waals surface area contributed by atoms with Crippen molar-refractivity contribution in [1.82, 2.24) is 15.0 Å². The average molecular weight is 263 g/mol. The van der Waals surface area contributed by atoms with Gasteiger partial charge in [0.15, 0.2) is 12.0 Å². The van der Waals surface area contributed by atoms with Crippen molar-refractivity contribution < 1.29 is 4.42 Å². The lowest BCUT2D eigenvalue weighted by Gasteiger charge is -2.03. The van der Waals surface area contributed by atoms with Crippen LogP contribution in [0.3, 0.4) is 0 Å². The van der Waals surface area contributed by atoms with E-state index in [1.807, 2.05) is 36.4 Å². The van der Waals surface area contributed by atoms with Crippen LogP contribution in [0.5, 0.6) is 0 Å². The summed E-state index contributed by atoms with van der Waals surface area (Å²) in [5, 5.41) is 0.573. The maximum atomic E-state index is 12.1. The second-order valence-corrected chi connectivity index (χ2v) is 4.44. The molecule has 5 heteroatoms. The van der Waals surface area contributed by atoms with Crippen LogP contribution in [0.25, 0.3) is 33.4 Å². The average Bonchev–Trinajstić information content (AvgIpc) is 2.95. The molecule has 0 fully saturated rings. The number of hydrogen-bond donors (Lipinski definition) is 1. The highest BCUT2D eigenvalue weighted by atomic mass is 16.3. The first-order chi connectivity index (χ1) is 9.83. The monoisotopic (exact) mass is 263 g/mol. The van der Waals surface area contributed by atoms with Gasteiger partial charge < -0.3 is 9.40 Å². The molecule has 4 rings (SSSR count). The van der Waals surface area contributed by atoms with Gasteiger partial charge in [0.1, 0.15) is 11.3 Å². The van der Waals surface area contributed by atoms with Gasteiger partial charge in [-0.1, -0.05) is 18.2 Å². The topological polar surface area (TPSA) is 71.8 Å². The Balaban J connectivity index is 2.08. The standard InChI is InChI=1S/C15H9N3O2/c19-15-9-4-1-2-6-11(9)17-14(18-15)10-5-3-7-12-13(10)16-8-20-12/h1-8H,(H,17,18,19). The van der Waals surface area contributed by atoms with E-state index in [4.69, 9.17) is 4.42 Å². The van der Waals surface area contributed by atoms with E-state index in [1.165, 1.54) is 6.39 Å². The third-order valence-corrected chi connectivity index (χ3v) is 3.23. The molecule has 0 atom stereocenters. The lowest BCUT2D eigenvalue weighted by atomic mass is 10.1. The molecular weight excluding hydrogens is 254 g/mol. The van der Waals surface area contributed by atoms with Gasteiger partial charge in [-0.25, -0.2) is 9.97 Å². The van der Waals surface area contributed by atoms with E-state index in [0.29, 0.717) is 27.8 Å². The summed E-state index contributed by atoms with van der Waals surface area (Å²) in [5.41, 5.74) is 2.60. The fraction of sp³-hybridized carbons (Fsp3) is 0. The van der Waals surface area contributed by atoms with Crippen LogP contribution in [0, 0.1) is 0 Å². The Morgan fingerprint density at radius 2 is 1.95 bits per heavy atom. The SMILES string of the molecule is O=c1[nH]c(-c2cccc3ocnc23)nc2ccccc12. The number of aromatic amines is 1. The minimum Gasteiger partial charge on any atom is -0.443 e. The van der Waals surface area contributed by atoms with Gasteiger partial charge in [0.2, 0.25) is 0 Å². The van der Waals surface area contributed by atoms with E-state index < -0.39 is 0 Å². The number of oxazole rings is 1. The van der Waals surface area contributed by atoms with Gasteiger partial charge in [-0.3, -0.25) is 4.79 Å². The largest absolute Gasteiger partial charge is 0.443 e. The third-order valence-electron chi connectivity index (χ3n) is 3.23. The summed E-state index contributed by atoms with van der Waals surface area (Å²) in [6.07, 6.45) is 1.38. The minimum atomic E-state index is -0.161. The zero-order valence-corrected chi connectivity index (χ0v) is 10.3. The molecule has 0 aliphatic rings. The number of para-hydroxylation sites is 2. The van der Waals surface area contributed by atoms with Crippen molar-refractivity contribution >= 4 is 22.0 Å². The molecular formula is C15H9N3O2. The number of nitrogens with zero attached hydrogens (tertiary/aromatic N) is 2. The summed E-state index contributed by atoms with van der Waals surface area (Å²) < 4.78 is 5.27. The second kappa shape index (κ2) is 4.03. The Bertz CT molecular complexity index is 985. The molecule has 0 aliphatic carbocycles. The summed E-state index contributed by atoms with van der Waals surface area (Å²) in [6, 6.07) is 12.8. The zero-order valence-electron chi connectivity index (χ0n) is 10.3. The summed E-state index contributed by atoms with van der Waals surface area (Å²) in [5.74, 6) is 0.494. The van der Waals surface area contributed by atoms with Crippen LogP contribution in [0.4, 0.5) is 0 Å². The van der Waals surface area contributed by atoms with Gasteiger partial charge in [0.25, 0.3) is 5.56 Å². The summed E-state index contributed by atoms with van der Waals surface area (Å²) in [6.45, 7) is 0. The number of fused-ring (bicyclic) bond motifs is 2. The maximum absolute atomic E-state index is 12.1. The Hall–Kier alpha value is -2.95. The van der Waals surface area contributed by atoms with E-state index in [0.717, 1.165) is 5.56 Å². The van der Waals surface area contributed by atoms with Crippen molar-refractivity contribution in [1.29, 1.82) is 0 Å². The smallest absolute Gasteiger partial charge is 0.259 e. The van der Waals surface area contributed by atoms with Gasteiger partial charge in [0, 0.05) is 5.56 Å². The normalized spacial score (nSPS) is 11.2. The maximum Gasteiger partial charge on any atom is 0.259 e. The Morgan fingerprint density at radius 1 is 1.05 bits per heavy atom. The summed E-state index contributed by atoms with van der Waals surface area (Å²) in [7, 11) is 0. The van der Waals surface area contributed by atoms with Gasteiger partial charge >= 0.3 is 0 Å². The predicted molar refractivity (Wildman–Crippen MR) is 75.4 cm³/mol. The highest BCUT2D eigenvalue weighted by Gasteiger charge is 2.11. The highest BCUT2D eigenvalue weighted by molar-refractivity contribution is 5.89. The van der Waals surface area contributed by atoms with E-state index in [2.05, 4.69) is 15.0 Å². The van der Waals surface area contributed by atoms with Crippen LogP contribution in [0.15, 0.2) is 58.1 Å². The van der Waals surface area contributed by atoms with Crippen molar-refractivity contribution in [2.45, 2.75) is 0 Å². The molecule has 0 unspecified atom stereocenters. The van der Waals surface area contributed by atoms with Gasteiger partial charge in [-0.05, 0) is 24.3 Å². The lowest BCUT2D eigenvalue weighted by Crippen LogP contribution is -2.09. The number of rotatable bonds is 1. The van der Waals surface area contributed by atoms with E-state index >= 15 is 0 Å². The van der Waals surface area contributed by atoms with Gasteiger partial charge in [-0.2, -0.15) is 0 Å². The summed E-state index contributed by atoms with van der Waals surface area (Å²) in [4.78, 5) is 23.6. The Morgan fingerprint density at radius 3 is 2.90 bits per heavy atom. The van der Waals surface area contributed by atoms with Crippen LogP contribution < -0.4 is 5.56 Å². The fourth-order valence-corrected chi connectivity index (χ4v) is 2.29. The molecule has 0 radical (unpaired) electrons. The molecule has 4 aromatic rings. The second-order valence-electron chi connectivity index (χ2n) is 4.44. The van der Waals surface area contributed by atoms with Crippen molar-refractivity contribution in [3.8, 4) is 11.4 Å². The van der Waals surface area contributed by atoms with Crippen molar-refractivity contribution in [3.63, 3.8) is 0 Å². The fourth-order valence-electron chi connectivity index (χ4n) is 2.29. The first kappa shape index (κ1) is 10.9. The quantitative estimate of drug-likeness (QED) is 0.573. The molecule has 2 aromatic carbocycles. The third kappa shape index (κ3) is 1.53. The molecule has 1 N–H and O–H groups in total. The molecule has 0 bridgehead atoms. The highest BCUT2D eigenvalue weighted by Crippen LogP contribution is 2.24. The Labute approximate surface area is 112 Å². The van der Waals surface area contributed by atoms with E-state index in [-0.39, 0.29) is 5.56 Å². The predicted octanol–water partition coefficient (Wildman–Crippen LogP) is 2.73. The number of H-pyrrole nitrogens is 1. The van der Waals surface area contributed by atoms with Crippen LogP contribution in [-0.2, 0) is 0 Å². The number of aromatic nitrogens is 3. The minimum absolute atomic E-state index is 0.161.